The highest BCUT2D eigenvalue weighted by Gasteiger charge is 1.95. The van der Waals surface area contributed by atoms with Gasteiger partial charge in [0.15, 0.2) is 0 Å². The molecule has 272 valence electrons. The zero-order chi connectivity index (χ0) is 33.5. The van der Waals surface area contributed by atoms with Gasteiger partial charge >= 0.3 is 5.97 Å². The van der Waals surface area contributed by atoms with Crippen LogP contribution in [0.4, 0.5) is 11.4 Å². The number of nitrogens with zero attached hydrogens (tertiary/aromatic N) is 3. The standard InChI is InChI=1S/C12H16N2O.C6H10ClNO.C6H11NO2.C6H7N.CH2Cl2.2CH4.2ClH/c1-14(2)10-6-9-12(15)13-11-7-4-3-5-8-11;1-8(2)5-3-4-6(7)9;1-7(2)5-3-4-6(8)9;7-6-4-2-1-3-5-6;2-1-3;;;;/h3-9H,10H2,1-2H3,(H,13,15);3-4H,5H2,1-2H3;3-4H,5H2,1-2H3,(H,8,9);1-5H,7H2;1H2;2*1H4;2*1H/b9-6+;2*4-3+;;;;;;. The lowest BCUT2D eigenvalue weighted by Gasteiger charge is -2.04. The summed E-state index contributed by atoms with van der Waals surface area (Å²) in [5.74, 6) is -0.986. The Balaban J connectivity index is -0.0000000888. The van der Waals surface area contributed by atoms with Crippen molar-refractivity contribution in [1.82, 2.24) is 14.7 Å². The van der Waals surface area contributed by atoms with Crippen molar-refractivity contribution in [2.24, 2.45) is 0 Å². The van der Waals surface area contributed by atoms with Crippen molar-refractivity contribution in [1.29, 1.82) is 0 Å². The van der Waals surface area contributed by atoms with Crippen molar-refractivity contribution in [3.05, 3.63) is 97.1 Å². The first-order chi connectivity index (χ1) is 20.2. The molecule has 1 amide bonds. The van der Waals surface area contributed by atoms with E-state index in [1.807, 2.05) is 124 Å². The largest absolute Gasteiger partial charge is 0.478 e. The Bertz CT molecular complexity index is 1030. The summed E-state index contributed by atoms with van der Waals surface area (Å²) in [7, 11) is 11.5. The Morgan fingerprint density at radius 2 is 1.04 bits per heavy atom. The number of para-hydroxylation sites is 2. The number of carbonyl (C=O) groups is 3. The van der Waals surface area contributed by atoms with Gasteiger partial charge in [0.25, 0.3) is 0 Å². The van der Waals surface area contributed by atoms with Crippen molar-refractivity contribution < 1.29 is 19.5 Å². The molecule has 2 aromatic carbocycles. The summed E-state index contributed by atoms with van der Waals surface area (Å²) < 4.78 is 0. The zero-order valence-corrected chi connectivity index (χ0v) is 30.5. The molecule has 0 spiro atoms. The average Bonchev–Trinajstić information content (AvgIpc) is 2.90. The summed E-state index contributed by atoms with van der Waals surface area (Å²) in [5, 5.41) is 10.7. The summed E-state index contributed by atoms with van der Waals surface area (Å²) in [4.78, 5) is 37.2. The van der Waals surface area contributed by atoms with Gasteiger partial charge in [0.05, 0.1) is 5.34 Å². The Morgan fingerprint density at radius 3 is 1.34 bits per heavy atom. The minimum Gasteiger partial charge on any atom is -0.478 e. The molecule has 0 radical (unpaired) electrons. The van der Waals surface area contributed by atoms with E-state index in [4.69, 9.17) is 45.6 Å². The molecular weight excluding hydrogens is 708 g/mol. The number of alkyl halides is 2. The van der Waals surface area contributed by atoms with Gasteiger partial charge in [-0.05, 0) is 84.2 Å². The quantitative estimate of drug-likeness (QED) is 0.0980. The van der Waals surface area contributed by atoms with Crippen LogP contribution in [0.2, 0.25) is 0 Å². The Hall–Kier alpha value is -2.60. The van der Waals surface area contributed by atoms with Gasteiger partial charge in [0.2, 0.25) is 11.1 Å². The molecule has 0 fully saturated rings. The van der Waals surface area contributed by atoms with Crippen LogP contribution in [-0.2, 0) is 14.4 Å². The second kappa shape index (κ2) is 43.4. The van der Waals surface area contributed by atoms with Crippen LogP contribution in [0, 0.1) is 0 Å². The van der Waals surface area contributed by atoms with Crippen LogP contribution in [0.3, 0.4) is 0 Å². The second-order valence-corrected chi connectivity index (χ2v) is 10.2. The van der Waals surface area contributed by atoms with Crippen molar-refractivity contribution in [3.63, 3.8) is 0 Å². The third-order valence-electron chi connectivity index (χ3n) is 4.03. The van der Waals surface area contributed by atoms with E-state index in [0.29, 0.717) is 6.54 Å². The molecule has 9 nitrogen and oxygen atoms in total. The van der Waals surface area contributed by atoms with E-state index in [9.17, 15) is 14.4 Å². The minimum absolute atomic E-state index is 0. The monoisotopic (exact) mass is 761 g/mol. The SMILES string of the molecule is C.C.CN(C)C/C=C/C(=O)Cl.CN(C)C/C=C/C(=O)Nc1ccccc1.CN(C)C/C=C/C(=O)O.Cl.Cl.ClCCl.Nc1ccccc1. The normalized spacial score (nSPS) is 9.36. The molecule has 14 heteroatoms. The van der Waals surface area contributed by atoms with Gasteiger partial charge in [0, 0.05) is 43.2 Å². The molecule has 0 aliphatic carbocycles. The van der Waals surface area contributed by atoms with Crippen LogP contribution in [0.5, 0.6) is 0 Å². The first-order valence-corrected chi connectivity index (χ1v) is 14.3. The molecule has 2 aromatic rings. The third kappa shape index (κ3) is 59.4. The molecule has 2 rings (SSSR count). The number of allylic oxidation sites excluding steroid dienone is 1. The third-order valence-corrected chi connectivity index (χ3v) is 4.16. The maximum atomic E-state index is 11.4. The van der Waals surface area contributed by atoms with E-state index < -0.39 is 11.2 Å². The number of hydrogen-bond donors (Lipinski definition) is 3. The van der Waals surface area contributed by atoms with E-state index >= 15 is 0 Å². The zero-order valence-electron chi connectivity index (χ0n) is 26.6. The predicted octanol–water partition coefficient (Wildman–Crippen LogP) is 7.61. The molecular formula is C33H56Cl5N5O4. The van der Waals surface area contributed by atoms with E-state index in [-0.39, 0.29) is 50.9 Å². The first kappa shape index (κ1) is 59.8. The smallest absolute Gasteiger partial charge is 0.328 e. The number of rotatable bonds is 10. The van der Waals surface area contributed by atoms with Gasteiger partial charge in [-0.25, -0.2) is 4.79 Å². The minimum atomic E-state index is -0.892. The highest BCUT2D eigenvalue weighted by molar-refractivity contribution is 6.66. The van der Waals surface area contributed by atoms with Crippen LogP contribution < -0.4 is 11.1 Å². The predicted molar refractivity (Wildman–Crippen MR) is 212 cm³/mol. The Kier molecular flexibility index (Phi) is 55.2. The number of carboxylic acids is 1. The van der Waals surface area contributed by atoms with Crippen LogP contribution in [-0.4, -0.2) is 104 Å². The van der Waals surface area contributed by atoms with Gasteiger partial charge < -0.3 is 30.9 Å². The first-order valence-electron chi connectivity index (χ1n) is 12.9. The number of carbonyl (C=O) groups excluding carboxylic acids is 2. The number of hydrogen-bond acceptors (Lipinski definition) is 7. The van der Waals surface area contributed by atoms with Crippen molar-refractivity contribution in [2.75, 3.05) is 78.3 Å². The fourth-order valence-corrected chi connectivity index (χ4v) is 2.34. The molecule has 0 aliphatic rings. The number of aliphatic carboxylic acids is 1. The Labute approximate surface area is 311 Å². The number of likely N-dealkylation sites (N-methyl/N-ethyl adjacent to an activating group) is 3. The van der Waals surface area contributed by atoms with Gasteiger partial charge in [0.1, 0.15) is 0 Å². The summed E-state index contributed by atoms with van der Waals surface area (Å²) in [6, 6.07) is 18.9. The molecule has 0 heterocycles. The molecule has 0 bridgehead atoms. The number of benzene rings is 2. The summed E-state index contributed by atoms with van der Waals surface area (Å²) in [6.07, 6.45) is 9.19. The summed E-state index contributed by atoms with van der Waals surface area (Å²) in [6.45, 7) is 2.19. The highest BCUT2D eigenvalue weighted by atomic mass is 35.5. The molecule has 0 unspecified atom stereocenters. The van der Waals surface area contributed by atoms with Crippen LogP contribution >= 0.6 is 59.6 Å². The van der Waals surface area contributed by atoms with Gasteiger partial charge in [-0.3, -0.25) is 9.59 Å². The topological polar surface area (TPSA) is 119 Å². The van der Waals surface area contributed by atoms with E-state index in [2.05, 4.69) is 5.32 Å². The van der Waals surface area contributed by atoms with E-state index in [1.165, 1.54) is 6.08 Å². The van der Waals surface area contributed by atoms with Crippen LogP contribution in [0.15, 0.2) is 97.1 Å². The lowest BCUT2D eigenvalue weighted by atomic mass is 10.3. The van der Waals surface area contributed by atoms with Crippen molar-refractivity contribution in [2.45, 2.75) is 14.9 Å². The summed E-state index contributed by atoms with van der Waals surface area (Å²) in [5.41, 5.74) is 7.00. The second-order valence-electron chi connectivity index (χ2n) is 9.00. The molecule has 0 aliphatic heterocycles. The molecule has 0 saturated carbocycles. The molecule has 0 atom stereocenters. The maximum Gasteiger partial charge on any atom is 0.328 e. The van der Waals surface area contributed by atoms with Crippen molar-refractivity contribution >= 4 is 88.1 Å². The van der Waals surface area contributed by atoms with E-state index in [1.54, 1.807) is 18.2 Å². The summed E-state index contributed by atoms with van der Waals surface area (Å²) >= 11 is 14.5. The fourth-order valence-electron chi connectivity index (χ4n) is 2.25. The van der Waals surface area contributed by atoms with E-state index in [0.717, 1.165) is 30.5 Å². The van der Waals surface area contributed by atoms with Gasteiger partial charge in [-0.15, -0.1) is 48.0 Å². The molecule has 0 aromatic heterocycles. The fraction of sp³-hybridized carbons (Fsp3) is 0.364. The molecule has 47 heavy (non-hydrogen) atoms. The molecule has 0 saturated heterocycles. The lowest BCUT2D eigenvalue weighted by molar-refractivity contribution is -0.131. The number of carboxylic acid groups (broad SMARTS) is 1. The lowest BCUT2D eigenvalue weighted by Crippen LogP contribution is -2.12. The molecule has 4 N–H and O–H groups in total. The number of anilines is 2. The Morgan fingerprint density at radius 1 is 0.702 bits per heavy atom. The van der Waals surface area contributed by atoms with Crippen LogP contribution in [0.1, 0.15) is 14.9 Å². The van der Waals surface area contributed by atoms with Gasteiger partial charge in [-0.2, -0.15) is 0 Å². The van der Waals surface area contributed by atoms with Crippen molar-refractivity contribution in [3.8, 4) is 0 Å². The van der Waals surface area contributed by atoms with Crippen LogP contribution in [0.25, 0.3) is 0 Å². The number of nitrogen functional groups attached to an aromatic ring is 1. The number of nitrogens with one attached hydrogen (secondary N) is 1. The van der Waals surface area contributed by atoms with Gasteiger partial charge in [-0.1, -0.05) is 69.5 Å². The number of nitrogens with two attached hydrogens (primary N) is 1. The number of amides is 1. The number of halogens is 5. The highest BCUT2D eigenvalue weighted by Crippen LogP contribution is 2.04. The maximum absolute atomic E-state index is 11.4. The average molecular weight is 764 g/mol.